The highest BCUT2D eigenvalue weighted by molar-refractivity contribution is 5.68. The molecule has 0 saturated carbocycles. The van der Waals surface area contributed by atoms with Gasteiger partial charge in [-0.3, -0.25) is 0 Å². The monoisotopic (exact) mass is 224 g/mol. The third kappa shape index (κ3) is 3.74. The molecule has 1 fully saturated rings. The van der Waals surface area contributed by atoms with E-state index in [4.69, 9.17) is 11.2 Å². The van der Waals surface area contributed by atoms with Gasteiger partial charge in [0.05, 0.1) is 6.04 Å². The van der Waals surface area contributed by atoms with Crippen LogP contribution in [-0.2, 0) is 4.74 Å². The maximum absolute atomic E-state index is 11.9. The molecule has 1 aliphatic rings. The first-order valence-corrected chi connectivity index (χ1v) is 5.58. The second-order valence-corrected chi connectivity index (χ2v) is 4.94. The molecule has 1 atom stereocenters. The van der Waals surface area contributed by atoms with E-state index in [9.17, 15) is 4.79 Å². The standard InChI is InChI=1S/C12H20N2O2/c1-5-6-10-9-13-7-8-14(10)11(15)16-12(2,3)4/h1,10,13H,6-9H2,2-4H3/t10-/m0/s1. The van der Waals surface area contributed by atoms with Crippen molar-refractivity contribution in [3.63, 3.8) is 0 Å². The van der Waals surface area contributed by atoms with Gasteiger partial charge in [-0.2, -0.15) is 0 Å². The highest BCUT2D eigenvalue weighted by atomic mass is 16.6. The fraction of sp³-hybridized carbons (Fsp3) is 0.750. The van der Waals surface area contributed by atoms with Crippen LogP contribution in [0, 0.1) is 12.3 Å². The molecule has 0 spiro atoms. The Kier molecular flexibility index (Phi) is 4.19. The number of hydrogen-bond acceptors (Lipinski definition) is 3. The van der Waals surface area contributed by atoms with Crippen molar-refractivity contribution >= 4 is 6.09 Å². The van der Waals surface area contributed by atoms with Crippen LogP contribution < -0.4 is 5.32 Å². The summed E-state index contributed by atoms with van der Waals surface area (Å²) in [6.07, 6.45) is 5.58. The van der Waals surface area contributed by atoms with Crippen LogP contribution >= 0.6 is 0 Å². The lowest BCUT2D eigenvalue weighted by molar-refractivity contribution is 0.0127. The number of hydrogen-bond donors (Lipinski definition) is 1. The molecule has 0 aromatic heterocycles. The number of terminal acetylenes is 1. The largest absolute Gasteiger partial charge is 0.444 e. The summed E-state index contributed by atoms with van der Waals surface area (Å²) in [6.45, 7) is 7.78. The highest BCUT2D eigenvalue weighted by Gasteiger charge is 2.29. The summed E-state index contributed by atoms with van der Waals surface area (Å²) in [5, 5.41) is 3.22. The fourth-order valence-electron chi connectivity index (χ4n) is 1.64. The van der Waals surface area contributed by atoms with Crippen LogP contribution in [0.4, 0.5) is 4.79 Å². The summed E-state index contributed by atoms with van der Waals surface area (Å²) < 4.78 is 5.34. The van der Waals surface area contributed by atoms with Crippen LogP contribution in [0.5, 0.6) is 0 Å². The maximum atomic E-state index is 11.9. The molecule has 1 amide bonds. The van der Waals surface area contributed by atoms with Gasteiger partial charge in [-0.25, -0.2) is 4.79 Å². The highest BCUT2D eigenvalue weighted by Crippen LogP contribution is 2.14. The summed E-state index contributed by atoms with van der Waals surface area (Å²) in [4.78, 5) is 13.6. The number of nitrogens with zero attached hydrogens (tertiary/aromatic N) is 1. The quantitative estimate of drug-likeness (QED) is 0.681. The Bertz CT molecular complexity index is 288. The zero-order valence-corrected chi connectivity index (χ0v) is 10.2. The van der Waals surface area contributed by atoms with Crippen molar-refractivity contribution < 1.29 is 9.53 Å². The van der Waals surface area contributed by atoms with Crippen LogP contribution in [0.2, 0.25) is 0 Å². The van der Waals surface area contributed by atoms with Gasteiger partial charge in [-0.15, -0.1) is 12.3 Å². The molecule has 0 unspecified atom stereocenters. The molecule has 4 nitrogen and oxygen atoms in total. The van der Waals surface area contributed by atoms with E-state index < -0.39 is 5.60 Å². The molecule has 0 aliphatic carbocycles. The molecule has 1 aliphatic heterocycles. The predicted molar refractivity (Wildman–Crippen MR) is 63.0 cm³/mol. The Morgan fingerprint density at radius 1 is 1.62 bits per heavy atom. The third-order valence-corrected chi connectivity index (χ3v) is 2.33. The normalized spacial score (nSPS) is 21.4. The van der Waals surface area contributed by atoms with E-state index in [-0.39, 0.29) is 12.1 Å². The Balaban J connectivity index is 2.61. The predicted octanol–water partition coefficient (Wildman–Crippen LogP) is 1.22. The van der Waals surface area contributed by atoms with E-state index >= 15 is 0 Å². The van der Waals surface area contributed by atoms with E-state index in [1.54, 1.807) is 4.90 Å². The summed E-state index contributed by atoms with van der Waals surface area (Å²) in [5.41, 5.74) is -0.456. The maximum Gasteiger partial charge on any atom is 0.410 e. The summed E-state index contributed by atoms with van der Waals surface area (Å²) in [7, 11) is 0. The van der Waals surface area contributed by atoms with Gasteiger partial charge < -0.3 is 15.0 Å². The first-order valence-electron chi connectivity index (χ1n) is 5.58. The van der Waals surface area contributed by atoms with Crippen LogP contribution in [0.3, 0.4) is 0 Å². The number of nitrogens with one attached hydrogen (secondary N) is 1. The van der Waals surface area contributed by atoms with Crippen LogP contribution in [0.15, 0.2) is 0 Å². The minimum Gasteiger partial charge on any atom is -0.444 e. The molecule has 1 saturated heterocycles. The second-order valence-electron chi connectivity index (χ2n) is 4.94. The zero-order chi connectivity index (χ0) is 12.2. The lowest BCUT2D eigenvalue weighted by Gasteiger charge is -2.36. The van der Waals surface area contributed by atoms with E-state index in [0.29, 0.717) is 13.0 Å². The van der Waals surface area contributed by atoms with Gasteiger partial charge in [0.2, 0.25) is 0 Å². The first kappa shape index (κ1) is 12.9. The van der Waals surface area contributed by atoms with Crippen molar-refractivity contribution in [3.05, 3.63) is 0 Å². The molecule has 4 heteroatoms. The number of carbonyl (C=O) groups is 1. The minimum atomic E-state index is -0.456. The van der Waals surface area contributed by atoms with Gasteiger partial charge in [0, 0.05) is 26.1 Å². The topological polar surface area (TPSA) is 41.6 Å². The number of amides is 1. The van der Waals surface area contributed by atoms with E-state index in [1.807, 2.05) is 20.8 Å². The number of piperazine rings is 1. The summed E-state index contributed by atoms with van der Waals surface area (Å²) in [5.74, 6) is 2.60. The summed E-state index contributed by atoms with van der Waals surface area (Å²) >= 11 is 0. The van der Waals surface area contributed by atoms with Crippen LogP contribution in [-0.4, -0.2) is 42.3 Å². The molecule has 16 heavy (non-hydrogen) atoms. The van der Waals surface area contributed by atoms with E-state index in [0.717, 1.165) is 13.1 Å². The Morgan fingerprint density at radius 2 is 2.31 bits per heavy atom. The van der Waals surface area contributed by atoms with Crippen molar-refractivity contribution in [2.75, 3.05) is 19.6 Å². The molecule has 0 radical (unpaired) electrons. The molecule has 0 aromatic rings. The lowest BCUT2D eigenvalue weighted by Crippen LogP contribution is -2.54. The third-order valence-electron chi connectivity index (χ3n) is 2.33. The lowest BCUT2D eigenvalue weighted by atomic mass is 10.1. The average Bonchev–Trinajstić information content (AvgIpc) is 2.16. The van der Waals surface area contributed by atoms with Gasteiger partial charge >= 0.3 is 6.09 Å². The molecule has 90 valence electrons. The van der Waals surface area contributed by atoms with Crippen molar-refractivity contribution in [2.24, 2.45) is 0 Å². The Labute approximate surface area is 97.3 Å². The number of ether oxygens (including phenoxy) is 1. The fourth-order valence-corrected chi connectivity index (χ4v) is 1.64. The van der Waals surface area contributed by atoms with Crippen molar-refractivity contribution in [3.8, 4) is 12.3 Å². The smallest absolute Gasteiger partial charge is 0.410 e. The molecule has 1 N–H and O–H groups in total. The zero-order valence-electron chi connectivity index (χ0n) is 10.2. The molecular formula is C12H20N2O2. The average molecular weight is 224 g/mol. The Hall–Kier alpha value is -1.21. The molecule has 1 heterocycles. The molecule has 0 bridgehead atoms. The molecule has 1 rings (SSSR count). The van der Waals surface area contributed by atoms with Crippen LogP contribution in [0.1, 0.15) is 27.2 Å². The number of rotatable bonds is 1. The van der Waals surface area contributed by atoms with E-state index in [2.05, 4.69) is 11.2 Å². The van der Waals surface area contributed by atoms with Gasteiger partial charge in [-0.05, 0) is 20.8 Å². The van der Waals surface area contributed by atoms with Crippen molar-refractivity contribution in [2.45, 2.75) is 38.8 Å². The van der Waals surface area contributed by atoms with E-state index in [1.165, 1.54) is 0 Å². The summed E-state index contributed by atoms with van der Waals surface area (Å²) in [6, 6.07) is 0.0496. The van der Waals surface area contributed by atoms with Gasteiger partial charge in [0.15, 0.2) is 0 Å². The SMILES string of the molecule is C#CC[C@H]1CNCCN1C(=O)OC(C)(C)C. The number of carbonyl (C=O) groups excluding carboxylic acids is 1. The molecule has 0 aromatic carbocycles. The van der Waals surface area contributed by atoms with Crippen molar-refractivity contribution in [1.82, 2.24) is 10.2 Å². The van der Waals surface area contributed by atoms with Gasteiger partial charge in [0.1, 0.15) is 5.60 Å². The minimum absolute atomic E-state index is 0.0496. The molecular weight excluding hydrogens is 204 g/mol. The van der Waals surface area contributed by atoms with Crippen LogP contribution in [0.25, 0.3) is 0 Å². The van der Waals surface area contributed by atoms with Crippen molar-refractivity contribution in [1.29, 1.82) is 0 Å². The van der Waals surface area contributed by atoms with Gasteiger partial charge in [0.25, 0.3) is 0 Å². The first-order chi connectivity index (χ1) is 7.44. The second kappa shape index (κ2) is 5.22. The van der Waals surface area contributed by atoms with Gasteiger partial charge in [-0.1, -0.05) is 0 Å². The Morgan fingerprint density at radius 3 is 2.88 bits per heavy atom.